The van der Waals surface area contributed by atoms with E-state index in [0.717, 1.165) is 35.1 Å². The average Bonchev–Trinajstić information content (AvgIpc) is 3.29. The van der Waals surface area contributed by atoms with E-state index in [1.54, 1.807) is 6.07 Å². The largest absolute Gasteiger partial charge is 0.350 e. The van der Waals surface area contributed by atoms with Gasteiger partial charge in [0, 0.05) is 18.2 Å². The van der Waals surface area contributed by atoms with Crippen LogP contribution >= 0.6 is 0 Å². The molecule has 2 aromatic carbocycles. The Hall–Kier alpha value is -3.41. The minimum absolute atomic E-state index is 0.153. The molecule has 0 atom stereocenters. The maximum Gasteiger partial charge on any atom is 0.296 e. The number of benzene rings is 2. The van der Waals surface area contributed by atoms with Gasteiger partial charge in [0.25, 0.3) is 5.91 Å². The van der Waals surface area contributed by atoms with Crippen molar-refractivity contribution in [3.8, 4) is 11.3 Å². The summed E-state index contributed by atoms with van der Waals surface area (Å²) in [5.74, 6) is 0.297. The maximum absolute atomic E-state index is 12.6. The minimum Gasteiger partial charge on any atom is -0.350 e. The molecule has 4 rings (SSSR count). The second-order valence-corrected chi connectivity index (χ2v) is 6.47. The lowest BCUT2D eigenvalue weighted by Gasteiger charge is -2.07. The Morgan fingerprint density at radius 2 is 1.93 bits per heavy atom. The van der Waals surface area contributed by atoms with Gasteiger partial charge in [-0.3, -0.25) is 10.1 Å². The number of hydrogen-bond donors (Lipinski definition) is 1. The number of carbonyl (C=O) groups excluding carboxylic acids is 1. The van der Waals surface area contributed by atoms with Crippen LogP contribution in [0.15, 0.2) is 59.1 Å². The number of aromatic nitrogens is 3. The molecule has 0 saturated heterocycles. The highest BCUT2D eigenvalue weighted by molar-refractivity contribution is 6.02. The van der Waals surface area contributed by atoms with Crippen LogP contribution in [0.4, 0.5) is 5.95 Å². The van der Waals surface area contributed by atoms with Gasteiger partial charge in [-0.2, -0.15) is 0 Å². The summed E-state index contributed by atoms with van der Waals surface area (Å²) in [6, 6.07) is 17.4. The molecule has 2 heterocycles. The number of aryl methyl sites for hydroxylation is 2. The zero-order valence-electron chi connectivity index (χ0n) is 15.3. The standard InChI is InChI=1S/C21H20N4O2/c1-3-12-25-18-7-5-4-6-16(18)22-21(25)23-20(26)19-13-17(24-27-19)15-10-8-14(2)9-11-15/h4-11,13H,3,12H2,1-2H3,(H,22,23,26). The number of imidazole rings is 1. The number of nitrogens with zero attached hydrogens (tertiary/aromatic N) is 3. The fourth-order valence-corrected chi connectivity index (χ4v) is 3.03. The molecule has 0 spiro atoms. The van der Waals surface area contributed by atoms with Crippen molar-refractivity contribution in [2.24, 2.45) is 0 Å². The van der Waals surface area contributed by atoms with Crippen LogP contribution in [0.5, 0.6) is 0 Å². The smallest absolute Gasteiger partial charge is 0.296 e. The van der Waals surface area contributed by atoms with Crippen molar-refractivity contribution in [3.63, 3.8) is 0 Å². The lowest BCUT2D eigenvalue weighted by Crippen LogP contribution is -2.15. The predicted octanol–water partition coefficient (Wildman–Crippen LogP) is 4.66. The van der Waals surface area contributed by atoms with Crippen LogP contribution in [0.3, 0.4) is 0 Å². The normalized spacial score (nSPS) is 11.0. The van der Waals surface area contributed by atoms with E-state index >= 15 is 0 Å². The van der Waals surface area contributed by atoms with E-state index in [9.17, 15) is 4.79 Å². The molecule has 27 heavy (non-hydrogen) atoms. The van der Waals surface area contributed by atoms with Crippen LogP contribution in [0, 0.1) is 6.92 Å². The Bertz CT molecular complexity index is 1090. The third-order valence-corrected chi connectivity index (χ3v) is 4.41. The third kappa shape index (κ3) is 3.33. The number of fused-ring (bicyclic) bond motifs is 1. The first-order valence-corrected chi connectivity index (χ1v) is 8.96. The molecule has 136 valence electrons. The Labute approximate surface area is 156 Å². The summed E-state index contributed by atoms with van der Waals surface area (Å²) in [6.07, 6.45) is 0.934. The highest BCUT2D eigenvalue weighted by Gasteiger charge is 2.18. The van der Waals surface area contributed by atoms with Gasteiger partial charge >= 0.3 is 0 Å². The summed E-state index contributed by atoms with van der Waals surface area (Å²) in [5, 5.41) is 6.87. The van der Waals surface area contributed by atoms with E-state index < -0.39 is 0 Å². The molecule has 6 heteroatoms. The number of nitrogens with one attached hydrogen (secondary N) is 1. The summed E-state index contributed by atoms with van der Waals surface area (Å²) >= 11 is 0. The second-order valence-electron chi connectivity index (χ2n) is 6.47. The zero-order chi connectivity index (χ0) is 18.8. The van der Waals surface area contributed by atoms with E-state index in [1.807, 2.05) is 60.0 Å². The van der Waals surface area contributed by atoms with Crippen molar-refractivity contribution in [1.29, 1.82) is 0 Å². The predicted molar refractivity (Wildman–Crippen MR) is 105 cm³/mol. The first-order chi connectivity index (χ1) is 13.2. The summed E-state index contributed by atoms with van der Waals surface area (Å²) in [7, 11) is 0. The van der Waals surface area contributed by atoms with Crippen LogP contribution in [0.1, 0.15) is 29.5 Å². The van der Waals surface area contributed by atoms with Crippen molar-refractivity contribution in [1.82, 2.24) is 14.7 Å². The highest BCUT2D eigenvalue weighted by atomic mass is 16.5. The maximum atomic E-state index is 12.6. The fraction of sp³-hybridized carbons (Fsp3) is 0.190. The number of amides is 1. The monoisotopic (exact) mass is 360 g/mol. The van der Waals surface area contributed by atoms with Gasteiger partial charge in [-0.25, -0.2) is 4.98 Å². The van der Waals surface area contributed by atoms with E-state index in [-0.39, 0.29) is 11.7 Å². The van der Waals surface area contributed by atoms with E-state index in [4.69, 9.17) is 4.52 Å². The van der Waals surface area contributed by atoms with Crippen LogP contribution in [0.2, 0.25) is 0 Å². The van der Waals surface area contributed by atoms with Gasteiger partial charge in [0.2, 0.25) is 11.7 Å². The topological polar surface area (TPSA) is 73.0 Å². The summed E-state index contributed by atoms with van der Waals surface area (Å²) < 4.78 is 7.26. The highest BCUT2D eigenvalue weighted by Crippen LogP contribution is 2.22. The van der Waals surface area contributed by atoms with Gasteiger partial charge < -0.3 is 9.09 Å². The minimum atomic E-state index is -0.367. The van der Waals surface area contributed by atoms with E-state index in [0.29, 0.717) is 11.6 Å². The van der Waals surface area contributed by atoms with Gasteiger partial charge in [0.1, 0.15) is 5.69 Å². The number of carbonyl (C=O) groups is 1. The molecule has 0 aliphatic rings. The Morgan fingerprint density at radius 1 is 1.15 bits per heavy atom. The second kappa shape index (κ2) is 7.07. The van der Waals surface area contributed by atoms with Crippen molar-refractivity contribution >= 4 is 22.9 Å². The summed E-state index contributed by atoms with van der Waals surface area (Å²) in [6.45, 7) is 4.87. The Balaban J connectivity index is 1.60. The van der Waals surface area contributed by atoms with Gasteiger partial charge in [-0.15, -0.1) is 0 Å². The van der Waals surface area contributed by atoms with E-state index in [2.05, 4.69) is 22.4 Å². The molecule has 6 nitrogen and oxygen atoms in total. The molecule has 1 N–H and O–H groups in total. The van der Waals surface area contributed by atoms with Crippen molar-refractivity contribution in [2.75, 3.05) is 5.32 Å². The first kappa shape index (κ1) is 17.0. The van der Waals surface area contributed by atoms with Gasteiger partial charge in [-0.05, 0) is 25.5 Å². The van der Waals surface area contributed by atoms with Crippen LogP contribution in [-0.2, 0) is 6.54 Å². The van der Waals surface area contributed by atoms with Crippen LogP contribution in [0.25, 0.3) is 22.3 Å². The Kier molecular flexibility index (Phi) is 4.46. The molecule has 2 aromatic heterocycles. The van der Waals surface area contributed by atoms with Crippen molar-refractivity contribution in [3.05, 3.63) is 65.9 Å². The number of anilines is 1. The molecule has 4 aromatic rings. The van der Waals surface area contributed by atoms with Gasteiger partial charge in [0.15, 0.2) is 0 Å². The lowest BCUT2D eigenvalue weighted by atomic mass is 10.1. The number of hydrogen-bond acceptors (Lipinski definition) is 4. The number of rotatable bonds is 5. The molecular formula is C21H20N4O2. The molecule has 0 fully saturated rings. The van der Waals surface area contributed by atoms with Crippen molar-refractivity contribution in [2.45, 2.75) is 26.8 Å². The quantitative estimate of drug-likeness (QED) is 0.562. The zero-order valence-corrected chi connectivity index (χ0v) is 15.3. The van der Waals surface area contributed by atoms with E-state index in [1.165, 1.54) is 0 Å². The molecule has 1 amide bonds. The summed E-state index contributed by atoms with van der Waals surface area (Å²) in [5.41, 5.74) is 4.53. The summed E-state index contributed by atoms with van der Waals surface area (Å²) in [4.78, 5) is 17.2. The molecule has 0 bridgehead atoms. The Morgan fingerprint density at radius 3 is 2.70 bits per heavy atom. The molecule has 0 aliphatic heterocycles. The third-order valence-electron chi connectivity index (χ3n) is 4.41. The van der Waals surface area contributed by atoms with Gasteiger partial charge in [-0.1, -0.05) is 54.0 Å². The first-order valence-electron chi connectivity index (χ1n) is 8.96. The number of para-hydroxylation sites is 2. The fourth-order valence-electron chi connectivity index (χ4n) is 3.03. The average molecular weight is 360 g/mol. The SMILES string of the molecule is CCCn1c(NC(=O)c2cc(-c3ccc(C)cc3)no2)nc2ccccc21. The molecule has 0 saturated carbocycles. The molecule has 0 unspecified atom stereocenters. The molecular weight excluding hydrogens is 340 g/mol. The van der Waals surface area contributed by atoms with Gasteiger partial charge in [0.05, 0.1) is 11.0 Å². The molecule has 0 aliphatic carbocycles. The molecule has 0 radical (unpaired) electrons. The van der Waals surface area contributed by atoms with Crippen LogP contribution in [-0.4, -0.2) is 20.6 Å². The van der Waals surface area contributed by atoms with Crippen LogP contribution < -0.4 is 5.32 Å². The lowest BCUT2D eigenvalue weighted by molar-refractivity contribution is 0.0986. The van der Waals surface area contributed by atoms with Crippen molar-refractivity contribution < 1.29 is 9.32 Å².